The molecule has 2 nitrogen and oxygen atoms in total. The first kappa shape index (κ1) is 11.2. The number of para-hydroxylation sites is 1. The highest BCUT2D eigenvalue weighted by Crippen LogP contribution is 2.08. The third kappa shape index (κ3) is 3.81. The van der Waals surface area contributed by atoms with Gasteiger partial charge in [-0.1, -0.05) is 30.4 Å². The molecule has 1 N–H and O–H groups in total. The lowest BCUT2D eigenvalue weighted by molar-refractivity contribution is -0.111. The Bertz CT molecular complexity index is 390. The highest BCUT2D eigenvalue weighted by Gasteiger charge is 1.98. The van der Waals surface area contributed by atoms with Crippen molar-refractivity contribution in [3.8, 4) is 0 Å². The first-order valence-corrected chi connectivity index (χ1v) is 4.80. The van der Waals surface area contributed by atoms with E-state index in [-0.39, 0.29) is 5.91 Å². The van der Waals surface area contributed by atoms with E-state index in [2.05, 4.69) is 11.9 Å². The topological polar surface area (TPSA) is 29.1 Å². The minimum atomic E-state index is -0.123. The average Bonchev–Trinajstić information content (AvgIpc) is 2.18. The molecule has 0 aromatic heterocycles. The number of nitrogens with one attached hydrogen (secondary N) is 1. The maximum atomic E-state index is 11.5. The van der Waals surface area contributed by atoms with Gasteiger partial charge in [-0.25, -0.2) is 0 Å². The minimum absolute atomic E-state index is 0.123. The van der Waals surface area contributed by atoms with Crippen LogP contribution in [0.5, 0.6) is 0 Å². The van der Waals surface area contributed by atoms with Crippen molar-refractivity contribution in [1.82, 2.24) is 0 Å². The van der Waals surface area contributed by atoms with E-state index in [1.165, 1.54) is 0 Å². The van der Waals surface area contributed by atoms with Gasteiger partial charge in [0.15, 0.2) is 0 Å². The normalized spacial score (nSPS) is 10.9. The molecule has 15 heavy (non-hydrogen) atoms. The van der Waals surface area contributed by atoms with Crippen LogP contribution in [0.4, 0.5) is 5.69 Å². The second kappa shape index (κ2) is 5.15. The number of hydrogen-bond donors (Lipinski definition) is 1. The van der Waals surface area contributed by atoms with Crippen LogP contribution >= 0.6 is 0 Å². The van der Waals surface area contributed by atoms with Gasteiger partial charge in [-0.2, -0.15) is 0 Å². The van der Waals surface area contributed by atoms with Crippen molar-refractivity contribution in [2.75, 3.05) is 5.32 Å². The molecule has 1 amide bonds. The van der Waals surface area contributed by atoms with E-state index in [0.29, 0.717) is 0 Å². The summed E-state index contributed by atoms with van der Waals surface area (Å²) in [6.07, 6.45) is 1.55. The lowest BCUT2D eigenvalue weighted by Gasteiger charge is -2.02. The van der Waals surface area contributed by atoms with Crippen molar-refractivity contribution in [2.24, 2.45) is 0 Å². The fraction of sp³-hybridized carbons (Fsp3) is 0.154. The molecular formula is C13H15NO. The highest BCUT2D eigenvalue weighted by atomic mass is 16.1. The van der Waals surface area contributed by atoms with Gasteiger partial charge >= 0.3 is 0 Å². The number of amides is 1. The van der Waals surface area contributed by atoms with Crippen molar-refractivity contribution in [3.63, 3.8) is 0 Å². The fourth-order valence-electron chi connectivity index (χ4n) is 1.02. The van der Waals surface area contributed by atoms with Gasteiger partial charge in [0.25, 0.3) is 0 Å². The third-order valence-electron chi connectivity index (χ3n) is 2.06. The maximum absolute atomic E-state index is 11.5. The predicted molar refractivity (Wildman–Crippen MR) is 63.6 cm³/mol. The number of benzene rings is 1. The van der Waals surface area contributed by atoms with Crippen LogP contribution in [-0.4, -0.2) is 5.91 Å². The first-order chi connectivity index (χ1) is 7.09. The molecule has 1 aromatic carbocycles. The first-order valence-electron chi connectivity index (χ1n) is 4.80. The SMILES string of the molecule is C=C(C)/C(C)=C/C(=O)Nc1ccccc1. The summed E-state index contributed by atoms with van der Waals surface area (Å²) >= 11 is 0. The van der Waals surface area contributed by atoms with E-state index >= 15 is 0 Å². The molecule has 0 fully saturated rings. The Balaban J connectivity index is 2.65. The summed E-state index contributed by atoms with van der Waals surface area (Å²) in [5.74, 6) is -0.123. The zero-order chi connectivity index (χ0) is 11.3. The van der Waals surface area contributed by atoms with Gasteiger partial charge in [0.2, 0.25) is 5.91 Å². The van der Waals surface area contributed by atoms with Crippen molar-refractivity contribution in [2.45, 2.75) is 13.8 Å². The van der Waals surface area contributed by atoms with Crippen molar-refractivity contribution >= 4 is 11.6 Å². The predicted octanol–water partition coefficient (Wildman–Crippen LogP) is 3.15. The number of carbonyl (C=O) groups is 1. The van der Waals surface area contributed by atoms with Gasteiger partial charge in [-0.3, -0.25) is 4.79 Å². The minimum Gasteiger partial charge on any atom is -0.323 e. The molecule has 0 heterocycles. The molecule has 0 spiro atoms. The van der Waals surface area contributed by atoms with Crippen LogP contribution in [0.15, 0.2) is 54.1 Å². The quantitative estimate of drug-likeness (QED) is 0.590. The maximum Gasteiger partial charge on any atom is 0.248 e. The summed E-state index contributed by atoms with van der Waals surface area (Å²) in [5.41, 5.74) is 2.59. The Kier molecular flexibility index (Phi) is 3.86. The second-order valence-corrected chi connectivity index (χ2v) is 3.46. The van der Waals surface area contributed by atoms with Gasteiger partial charge in [0.05, 0.1) is 0 Å². The number of carbonyl (C=O) groups excluding carboxylic acids is 1. The lowest BCUT2D eigenvalue weighted by atomic mass is 10.1. The summed E-state index contributed by atoms with van der Waals surface area (Å²) in [6, 6.07) is 9.37. The second-order valence-electron chi connectivity index (χ2n) is 3.46. The Labute approximate surface area is 90.3 Å². The Morgan fingerprint density at radius 2 is 1.87 bits per heavy atom. The van der Waals surface area contributed by atoms with Crippen LogP contribution in [0.1, 0.15) is 13.8 Å². The zero-order valence-electron chi connectivity index (χ0n) is 9.08. The Hall–Kier alpha value is -1.83. The van der Waals surface area contributed by atoms with Crippen LogP contribution in [0.2, 0.25) is 0 Å². The number of allylic oxidation sites excluding steroid dienone is 2. The van der Waals surface area contributed by atoms with Crippen LogP contribution in [0.25, 0.3) is 0 Å². The molecule has 1 aromatic rings. The molecule has 2 heteroatoms. The molecule has 0 unspecified atom stereocenters. The van der Waals surface area contributed by atoms with E-state index in [1.54, 1.807) is 6.08 Å². The molecule has 0 bridgehead atoms. The standard InChI is InChI=1S/C13H15NO/c1-10(2)11(3)9-13(15)14-12-7-5-4-6-8-12/h4-9H,1H2,2-3H3,(H,14,15)/b11-9+. The summed E-state index contributed by atoms with van der Waals surface area (Å²) in [6.45, 7) is 7.51. The smallest absolute Gasteiger partial charge is 0.248 e. The number of anilines is 1. The summed E-state index contributed by atoms with van der Waals surface area (Å²) in [4.78, 5) is 11.5. The Morgan fingerprint density at radius 1 is 1.27 bits per heavy atom. The van der Waals surface area contributed by atoms with E-state index in [4.69, 9.17) is 0 Å². The van der Waals surface area contributed by atoms with Crippen molar-refractivity contribution < 1.29 is 4.79 Å². The molecule has 78 valence electrons. The van der Waals surface area contributed by atoms with Gasteiger partial charge < -0.3 is 5.32 Å². The van der Waals surface area contributed by atoms with Crippen molar-refractivity contribution in [3.05, 3.63) is 54.1 Å². The van der Waals surface area contributed by atoms with Gasteiger partial charge in [0, 0.05) is 11.8 Å². The van der Waals surface area contributed by atoms with E-state index < -0.39 is 0 Å². The molecule has 0 atom stereocenters. The zero-order valence-corrected chi connectivity index (χ0v) is 9.08. The van der Waals surface area contributed by atoms with Crippen molar-refractivity contribution in [1.29, 1.82) is 0 Å². The number of rotatable bonds is 3. The van der Waals surface area contributed by atoms with E-state index in [1.807, 2.05) is 44.2 Å². The summed E-state index contributed by atoms with van der Waals surface area (Å²) < 4.78 is 0. The molecule has 0 aliphatic heterocycles. The average molecular weight is 201 g/mol. The summed E-state index contributed by atoms with van der Waals surface area (Å²) in [7, 11) is 0. The van der Waals surface area contributed by atoms with E-state index in [0.717, 1.165) is 16.8 Å². The van der Waals surface area contributed by atoms with Crippen LogP contribution in [0.3, 0.4) is 0 Å². The number of hydrogen-bond acceptors (Lipinski definition) is 1. The molecule has 0 saturated heterocycles. The fourth-order valence-corrected chi connectivity index (χ4v) is 1.02. The van der Waals surface area contributed by atoms with Gasteiger partial charge in [0.1, 0.15) is 0 Å². The largest absolute Gasteiger partial charge is 0.323 e. The molecule has 0 aliphatic carbocycles. The molecule has 0 saturated carbocycles. The van der Waals surface area contributed by atoms with Crippen LogP contribution in [-0.2, 0) is 4.79 Å². The monoisotopic (exact) mass is 201 g/mol. The van der Waals surface area contributed by atoms with Crippen LogP contribution in [0, 0.1) is 0 Å². The summed E-state index contributed by atoms with van der Waals surface area (Å²) in [5, 5.41) is 2.77. The molecule has 0 aliphatic rings. The molecular weight excluding hydrogens is 186 g/mol. The lowest BCUT2D eigenvalue weighted by Crippen LogP contribution is -2.08. The van der Waals surface area contributed by atoms with Gasteiger partial charge in [-0.15, -0.1) is 0 Å². The van der Waals surface area contributed by atoms with E-state index in [9.17, 15) is 4.79 Å². The molecule has 1 rings (SSSR count). The highest BCUT2D eigenvalue weighted by molar-refractivity contribution is 6.00. The molecule has 0 radical (unpaired) electrons. The van der Waals surface area contributed by atoms with Crippen LogP contribution < -0.4 is 5.32 Å². The third-order valence-corrected chi connectivity index (χ3v) is 2.06. The Morgan fingerprint density at radius 3 is 2.40 bits per heavy atom. The van der Waals surface area contributed by atoms with Gasteiger partial charge in [-0.05, 0) is 31.6 Å².